The third kappa shape index (κ3) is 4.07. The normalized spacial score (nSPS) is 17.6. The summed E-state index contributed by atoms with van der Waals surface area (Å²) in [5.74, 6) is 2.72. The number of carbonyl (C=O) groups is 1. The number of rotatable bonds is 6. The minimum Gasteiger partial charge on any atom is -0.360 e. The maximum Gasteiger partial charge on any atom is 0.224 e. The molecule has 2 fully saturated rings. The fourth-order valence-corrected chi connectivity index (χ4v) is 3.65. The van der Waals surface area contributed by atoms with Gasteiger partial charge in [0, 0.05) is 62.8 Å². The van der Waals surface area contributed by atoms with E-state index in [1.807, 2.05) is 23.1 Å². The third-order valence-corrected chi connectivity index (χ3v) is 5.29. The maximum absolute atomic E-state index is 12.4. The highest BCUT2D eigenvalue weighted by atomic mass is 32.1. The Balaban J connectivity index is 1.19. The van der Waals surface area contributed by atoms with Crippen molar-refractivity contribution in [2.45, 2.75) is 25.2 Å². The zero-order valence-corrected chi connectivity index (χ0v) is 14.9. The van der Waals surface area contributed by atoms with Gasteiger partial charge >= 0.3 is 0 Å². The summed E-state index contributed by atoms with van der Waals surface area (Å²) < 4.78 is 4.36. The van der Waals surface area contributed by atoms with Crippen LogP contribution in [0.5, 0.6) is 0 Å². The molecule has 1 saturated carbocycles. The van der Waals surface area contributed by atoms with Crippen molar-refractivity contribution in [1.82, 2.24) is 19.2 Å². The molecule has 2 aliphatic rings. The van der Waals surface area contributed by atoms with Gasteiger partial charge in [0.15, 0.2) is 0 Å². The molecule has 0 atom stereocenters. The summed E-state index contributed by atoms with van der Waals surface area (Å²) in [5.41, 5.74) is 0. The maximum atomic E-state index is 12.4. The van der Waals surface area contributed by atoms with Crippen LogP contribution >= 0.6 is 11.5 Å². The Kier molecular flexibility index (Phi) is 4.78. The lowest BCUT2D eigenvalue weighted by molar-refractivity contribution is -0.131. The standard InChI is InChI=1S/C17H22N6OS/c24-15(6-8-19-17-20-16(21-25-17)13-4-5-13)23-11-9-22(10-12-23)14-3-1-2-7-18-14/h1-3,7,13H,4-6,8-12H2,(H,19,20,21). The van der Waals surface area contributed by atoms with Gasteiger partial charge in [0.1, 0.15) is 11.6 Å². The monoisotopic (exact) mass is 358 g/mol. The van der Waals surface area contributed by atoms with Crippen LogP contribution in [-0.4, -0.2) is 57.9 Å². The summed E-state index contributed by atoms with van der Waals surface area (Å²) in [7, 11) is 0. The van der Waals surface area contributed by atoms with E-state index in [4.69, 9.17) is 0 Å². The van der Waals surface area contributed by atoms with E-state index in [9.17, 15) is 4.79 Å². The number of carbonyl (C=O) groups excluding carboxylic acids is 1. The van der Waals surface area contributed by atoms with E-state index in [0.29, 0.717) is 18.9 Å². The first kappa shape index (κ1) is 16.3. The molecular weight excluding hydrogens is 336 g/mol. The van der Waals surface area contributed by atoms with Gasteiger partial charge in [-0.1, -0.05) is 6.07 Å². The first-order valence-corrected chi connectivity index (χ1v) is 9.58. The molecule has 0 radical (unpaired) electrons. The second kappa shape index (κ2) is 7.35. The lowest BCUT2D eigenvalue weighted by Gasteiger charge is -2.35. The van der Waals surface area contributed by atoms with E-state index in [2.05, 4.69) is 24.6 Å². The number of amides is 1. The first-order valence-electron chi connectivity index (χ1n) is 8.81. The molecule has 2 aromatic heterocycles. The second-order valence-corrected chi connectivity index (χ2v) is 7.22. The van der Waals surface area contributed by atoms with Crippen LogP contribution in [0.4, 0.5) is 10.9 Å². The highest BCUT2D eigenvalue weighted by molar-refractivity contribution is 7.09. The molecule has 2 aromatic rings. The van der Waals surface area contributed by atoms with E-state index < -0.39 is 0 Å². The molecule has 0 aromatic carbocycles. The van der Waals surface area contributed by atoms with E-state index in [1.54, 1.807) is 6.20 Å². The first-order chi connectivity index (χ1) is 12.3. The summed E-state index contributed by atoms with van der Waals surface area (Å²) in [4.78, 5) is 25.4. The number of hydrogen-bond acceptors (Lipinski definition) is 7. The average Bonchev–Trinajstić information content (AvgIpc) is 3.41. The molecule has 0 bridgehead atoms. The van der Waals surface area contributed by atoms with E-state index in [-0.39, 0.29) is 5.91 Å². The Morgan fingerprint density at radius 3 is 2.80 bits per heavy atom. The molecule has 8 heteroatoms. The minimum absolute atomic E-state index is 0.195. The predicted octanol–water partition coefficient (Wildman–Crippen LogP) is 1.96. The van der Waals surface area contributed by atoms with Crippen LogP contribution in [0.15, 0.2) is 24.4 Å². The van der Waals surface area contributed by atoms with Gasteiger partial charge < -0.3 is 15.1 Å². The number of piperazine rings is 1. The third-order valence-electron chi connectivity index (χ3n) is 4.60. The molecule has 132 valence electrons. The Labute approximate surface area is 151 Å². The summed E-state index contributed by atoms with van der Waals surface area (Å²) >= 11 is 1.39. The molecule has 0 spiro atoms. The molecule has 1 aliphatic carbocycles. The number of nitrogens with one attached hydrogen (secondary N) is 1. The van der Waals surface area contributed by atoms with E-state index in [0.717, 1.165) is 43.0 Å². The largest absolute Gasteiger partial charge is 0.360 e. The van der Waals surface area contributed by atoms with Crippen molar-refractivity contribution in [3.05, 3.63) is 30.2 Å². The summed E-state index contributed by atoms with van der Waals surface area (Å²) in [5, 5.41) is 4.06. The van der Waals surface area contributed by atoms with Gasteiger partial charge in [-0.05, 0) is 25.0 Å². The average molecular weight is 358 g/mol. The van der Waals surface area contributed by atoms with Crippen molar-refractivity contribution in [3.63, 3.8) is 0 Å². The number of pyridine rings is 1. The zero-order valence-electron chi connectivity index (χ0n) is 14.1. The van der Waals surface area contributed by atoms with Gasteiger partial charge in [0.2, 0.25) is 11.0 Å². The van der Waals surface area contributed by atoms with Crippen molar-refractivity contribution in [2.75, 3.05) is 42.9 Å². The second-order valence-electron chi connectivity index (χ2n) is 6.46. The van der Waals surface area contributed by atoms with Crippen LogP contribution in [0, 0.1) is 0 Å². The van der Waals surface area contributed by atoms with E-state index in [1.165, 1.54) is 24.4 Å². The smallest absolute Gasteiger partial charge is 0.224 e. The zero-order chi connectivity index (χ0) is 17.1. The van der Waals surface area contributed by atoms with Crippen molar-refractivity contribution in [2.24, 2.45) is 0 Å². The molecular formula is C17H22N6OS. The number of nitrogens with zero attached hydrogens (tertiary/aromatic N) is 5. The molecule has 0 unspecified atom stereocenters. The van der Waals surface area contributed by atoms with Crippen LogP contribution in [0.2, 0.25) is 0 Å². The van der Waals surface area contributed by atoms with Gasteiger partial charge in [-0.25, -0.2) is 9.97 Å². The van der Waals surface area contributed by atoms with Crippen LogP contribution in [0.1, 0.15) is 31.0 Å². The predicted molar refractivity (Wildman–Crippen MR) is 98.0 cm³/mol. The van der Waals surface area contributed by atoms with Gasteiger partial charge in [-0.2, -0.15) is 4.37 Å². The van der Waals surface area contributed by atoms with Crippen molar-refractivity contribution >= 4 is 28.4 Å². The fraction of sp³-hybridized carbons (Fsp3) is 0.529. The number of hydrogen-bond donors (Lipinski definition) is 1. The highest BCUT2D eigenvalue weighted by Gasteiger charge is 2.27. The van der Waals surface area contributed by atoms with Gasteiger partial charge in [0.05, 0.1) is 0 Å². The van der Waals surface area contributed by atoms with Gasteiger partial charge in [-0.15, -0.1) is 0 Å². The minimum atomic E-state index is 0.195. The van der Waals surface area contributed by atoms with Gasteiger partial charge in [-0.3, -0.25) is 4.79 Å². The molecule has 4 rings (SSSR count). The molecule has 25 heavy (non-hydrogen) atoms. The van der Waals surface area contributed by atoms with Crippen LogP contribution < -0.4 is 10.2 Å². The van der Waals surface area contributed by atoms with Crippen molar-refractivity contribution in [3.8, 4) is 0 Å². The lowest BCUT2D eigenvalue weighted by atomic mass is 10.2. The quantitative estimate of drug-likeness (QED) is 0.851. The van der Waals surface area contributed by atoms with Crippen LogP contribution in [-0.2, 0) is 4.79 Å². The highest BCUT2D eigenvalue weighted by Crippen LogP contribution is 2.39. The molecule has 3 heterocycles. The Hall–Kier alpha value is -2.22. The summed E-state index contributed by atoms with van der Waals surface area (Å²) in [6.45, 7) is 3.77. The number of aromatic nitrogens is 3. The molecule has 1 amide bonds. The lowest BCUT2D eigenvalue weighted by Crippen LogP contribution is -2.49. The topological polar surface area (TPSA) is 74.2 Å². The molecule has 1 aliphatic heterocycles. The Morgan fingerprint density at radius 2 is 2.08 bits per heavy atom. The number of anilines is 2. The summed E-state index contributed by atoms with van der Waals surface area (Å²) in [6.07, 6.45) is 4.71. The summed E-state index contributed by atoms with van der Waals surface area (Å²) in [6, 6.07) is 5.93. The fourth-order valence-electron chi connectivity index (χ4n) is 2.97. The SMILES string of the molecule is O=C(CCNc1nc(C2CC2)ns1)N1CCN(c2ccccn2)CC1. The van der Waals surface area contributed by atoms with Gasteiger partial charge in [0.25, 0.3) is 0 Å². The molecule has 7 nitrogen and oxygen atoms in total. The van der Waals surface area contributed by atoms with Crippen molar-refractivity contribution < 1.29 is 4.79 Å². The van der Waals surface area contributed by atoms with E-state index >= 15 is 0 Å². The Bertz CT molecular complexity index is 709. The van der Waals surface area contributed by atoms with Crippen molar-refractivity contribution in [1.29, 1.82) is 0 Å². The van der Waals surface area contributed by atoms with Crippen LogP contribution in [0.25, 0.3) is 0 Å². The Morgan fingerprint density at radius 1 is 1.24 bits per heavy atom. The van der Waals surface area contributed by atoms with Crippen LogP contribution in [0.3, 0.4) is 0 Å². The molecule has 1 N–H and O–H groups in total. The molecule has 1 saturated heterocycles.